The molecule has 0 aromatic heterocycles. The maximum Gasteiger partial charge on any atom is 0.161 e. The molecular weight excluding hydrogens is 226 g/mol. The number of hydrogen-bond acceptors (Lipinski definition) is 3. The summed E-state index contributed by atoms with van der Waals surface area (Å²) in [5.41, 5.74) is 1.29. The topological polar surface area (TPSA) is 30.5 Å². The number of fused-ring (bicyclic) bond motifs is 1. The summed E-state index contributed by atoms with van der Waals surface area (Å²) in [6.07, 6.45) is 0. The standard InChI is InChI=1S/C15H23NO2/c1-10(2)16-12(4)11(3)13-5-6-14-15(9-13)18-8-7-17-14/h5-6,9-12,16H,7-8H2,1-4H3. The van der Waals surface area contributed by atoms with Crippen molar-refractivity contribution in [3.05, 3.63) is 23.8 Å². The Morgan fingerprint density at radius 3 is 2.33 bits per heavy atom. The van der Waals surface area contributed by atoms with E-state index in [9.17, 15) is 0 Å². The van der Waals surface area contributed by atoms with E-state index in [1.165, 1.54) is 5.56 Å². The van der Waals surface area contributed by atoms with Crippen LogP contribution in [-0.2, 0) is 0 Å². The van der Waals surface area contributed by atoms with Crippen LogP contribution in [0.25, 0.3) is 0 Å². The lowest BCUT2D eigenvalue weighted by Gasteiger charge is -2.25. The van der Waals surface area contributed by atoms with Gasteiger partial charge in [-0.15, -0.1) is 0 Å². The second-order valence-electron chi connectivity index (χ2n) is 5.30. The number of ether oxygens (including phenoxy) is 2. The van der Waals surface area contributed by atoms with E-state index in [2.05, 4.69) is 45.1 Å². The Hall–Kier alpha value is -1.22. The van der Waals surface area contributed by atoms with Crippen molar-refractivity contribution < 1.29 is 9.47 Å². The third-order valence-electron chi connectivity index (χ3n) is 3.44. The Bertz CT molecular complexity index is 403. The molecule has 0 spiro atoms. The van der Waals surface area contributed by atoms with Crippen molar-refractivity contribution in [3.63, 3.8) is 0 Å². The van der Waals surface area contributed by atoms with Gasteiger partial charge in [-0.05, 0) is 30.5 Å². The molecule has 2 rings (SSSR count). The zero-order valence-corrected chi connectivity index (χ0v) is 11.7. The molecule has 3 heteroatoms. The lowest BCUT2D eigenvalue weighted by molar-refractivity contribution is 0.171. The lowest BCUT2D eigenvalue weighted by atomic mass is 9.93. The Balaban J connectivity index is 2.12. The lowest BCUT2D eigenvalue weighted by Crippen LogP contribution is -2.36. The van der Waals surface area contributed by atoms with Gasteiger partial charge in [0.1, 0.15) is 13.2 Å². The van der Waals surface area contributed by atoms with Gasteiger partial charge in [0.15, 0.2) is 11.5 Å². The fraction of sp³-hybridized carbons (Fsp3) is 0.600. The maximum atomic E-state index is 5.63. The Morgan fingerprint density at radius 1 is 1.00 bits per heavy atom. The van der Waals surface area contributed by atoms with Gasteiger partial charge in [-0.25, -0.2) is 0 Å². The summed E-state index contributed by atoms with van der Waals surface area (Å²) in [4.78, 5) is 0. The molecule has 1 aliphatic rings. The zero-order valence-electron chi connectivity index (χ0n) is 11.7. The average Bonchev–Trinajstić information content (AvgIpc) is 2.36. The summed E-state index contributed by atoms with van der Waals surface area (Å²) in [5, 5.41) is 3.55. The van der Waals surface area contributed by atoms with Crippen LogP contribution in [0.2, 0.25) is 0 Å². The predicted octanol–water partition coefficient (Wildman–Crippen LogP) is 2.95. The van der Waals surface area contributed by atoms with Gasteiger partial charge in [0.2, 0.25) is 0 Å². The molecule has 0 saturated carbocycles. The largest absolute Gasteiger partial charge is 0.486 e. The molecule has 1 heterocycles. The molecule has 0 amide bonds. The van der Waals surface area contributed by atoms with Crippen LogP contribution in [0, 0.1) is 0 Å². The summed E-state index contributed by atoms with van der Waals surface area (Å²) >= 11 is 0. The second kappa shape index (κ2) is 5.61. The van der Waals surface area contributed by atoms with Crippen molar-refractivity contribution in [1.82, 2.24) is 5.32 Å². The summed E-state index contributed by atoms with van der Waals surface area (Å²) in [6.45, 7) is 10.1. The van der Waals surface area contributed by atoms with E-state index in [0.717, 1.165) is 11.5 Å². The number of benzene rings is 1. The van der Waals surface area contributed by atoms with Gasteiger partial charge >= 0.3 is 0 Å². The third-order valence-corrected chi connectivity index (χ3v) is 3.44. The molecule has 0 fully saturated rings. The van der Waals surface area contributed by atoms with Crippen LogP contribution in [0.15, 0.2) is 18.2 Å². The first-order valence-electron chi connectivity index (χ1n) is 6.73. The van der Waals surface area contributed by atoms with Gasteiger partial charge in [-0.3, -0.25) is 0 Å². The van der Waals surface area contributed by atoms with E-state index >= 15 is 0 Å². The van der Waals surface area contributed by atoms with Crippen molar-refractivity contribution >= 4 is 0 Å². The number of rotatable bonds is 4. The summed E-state index contributed by atoms with van der Waals surface area (Å²) in [5.74, 6) is 2.19. The van der Waals surface area contributed by atoms with E-state index in [0.29, 0.717) is 31.2 Å². The first-order valence-corrected chi connectivity index (χ1v) is 6.73. The van der Waals surface area contributed by atoms with E-state index in [1.54, 1.807) is 0 Å². The van der Waals surface area contributed by atoms with Crippen molar-refractivity contribution in [2.24, 2.45) is 0 Å². The molecule has 2 atom stereocenters. The minimum Gasteiger partial charge on any atom is -0.486 e. The van der Waals surface area contributed by atoms with Crippen molar-refractivity contribution in [3.8, 4) is 11.5 Å². The van der Waals surface area contributed by atoms with Gasteiger partial charge in [0.25, 0.3) is 0 Å². The molecular formula is C15H23NO2. The summed E-state index contributed by atoms with van der Waals surface area (Å²) < 4.78 is 11.2. The Kier molecular flexibility index (Phi) is 4.12. The van der Waals surface area contributed by atoms with Crippen molar-refractivity contribution in [2.45, 2.75) is 45.7 Å². The highest BCUT2D eigenvalue weighted by Crippen LogP contribution is 2.33. The van der Waals surface area contributed by atoms with Gasteiger partial charge in [-0.2, -0.15) is 0 Å². The van der Waals surface area contributed by atoms with Crippen LogP contribution >= 0.6 is 0 Å². The van der Waals surface area contributed by atoms with Crippen LogP contribution in [0.5, 0.6) is 11.5 Å². The average molecular weight is 249 g/mol. The smallest absolute Gasteiger partial charge is 0.161 e. The van der Waals surface area contributed by atoms with Crippen molar-refractivity contribution in [2.75, 3.05) is 13.2 Å². The summed E-state index contributed by atoms with van der Waals surface area (Å²) in [7, 11) is 0. The minimum atomic E-state index is 0.438. The van der Waals surface area contributed by atoms with Crippen molar-refractivity contribution in [1.29, 1.82) is 0 Å². The Labute approximate surface area is 109 Å². The first kappa shape index (κ1) is 13.2. The van der Waals surface area contributed by atoms with Crippen LogP contribution < -0.4 is 14.8 Å². The molecule has 18 heavy (non-hydrogen) atoms. The van der Waals surface area contributed by atoms with Crippen LogP contribution in [0.3, 0.4) is 0 Å². The molecule has 1 aromatic rings. The minimum absolute atomic E-state index is 0.438. The van der Waals surface area contributed by atoms with Crippen LogP contribution in [0.1, 0.15) is 39.2 Å². The normalized spacial score (nSPS) is 17.6. The highest BCUT2D eigenvalue weighted by Gasteiger charge is 2.18. The maximum absolute atomic E-state index is 5.63. The Morgan fingerprint density at radius 2 is 1.67 bits per heavy atom. The van der Waals surface area contributed by atoms with E-state index in [4.69, 9.17) is 9.47 Å². The van der Waals surface area contributed by atoms with E-state index in [1.807, 2.05) is 6.07 Å². The van der Waals surface area contributed by atoms with Crippen LogP contribution in [0.4, 0.5) is 0 Å². The first-order chi connectivity index (χ1) is 8.58. The monoisotopic (exact) mass is 249 g/mol. The van der Waals surface area contributed by atoms with Gasteiger partial charge in [0.05, 0.1) is 0 Å². The van der Waals surface area contributed by atoms with E-state index < -0.39 is 0 Å². The van der Waals surface area contributed by atoms with E-state index in [-0.39, 0.29) is 0 Å². The number of nitrogens with one attached hydrogen (secondary N) is 1. The number of hydrogen-bond donors (Lipinski definition) is 1. The molecule has 0 saturated heterocycles. The van der Waals surface area contributed by atoms with Gasteiger partial charge in [0, 0.05) is 12.1 Å². The predicted molar refractivity (Wildman–Crippen MR) is 73.6 cm³/mol. The summed E-state index contributed by atoms with van der Waals surface area (Å²) in [6, 6.07) is 7.20. The molecule has 1 N–H and O–H groups in total. The molecule has 0 radical (unpaired) electrons. The molecule has 0 aliphatic carbocycles. The molecule has 2 unspecified atom stereocenters. The molecule has 100 valence electrons. The fourth-order valence-electron chi connectivity index (χ4n) is 2.30. The highest BCUT2D eigenvalue weighted by molar-refractivity contribution is 5.44. The van der Waals surface area contributed by atoms with Crippen LogP contribution in [-0.4, -0.2) is 25.3 Å². The zero-order chi connectivity index (χ0) is 13.1. The highest BCUT2D eigenvalue weighted by atomic mass is 16.6. The molecule has 3 nitrogen and oxygen atoms in total. The van der Waals surface area contributed by atoms with Gasteiger partial charge in [-0.1, -0.05) is 26.8 Å². The SMILES string of the molecule is CC(C)NC(C)C(C)c1ccc2c(c1)OCCO2. The van der Waals surface area contributed by atoms with Gasteiger partial charge < -0.3 is 14.8 Å². The quantitative estimate of drug-likeness (QED) is 0.890. The molecule has 1 aliphatic heterocycles. The molecule has 1 aromatic carbocycles. The third kappa shape index (κ3) is 2.96. The molecule has 0 bridgehead atoms. The second-order valence-corrected chi connectivity index (χ2v) is 5.30. The fourth-order valence-corrected chi connectivity index (χ4v) is 2.30.